The van der Waals surface area contributed by atoms with E-state index < -0.39 is 22.6 Å². The Kier molecular flexibility index (Phi) is 3.94. The third-order valence-corrected chi connectivity index (χ3v) is 0.862. The van der Waals surface area contributed by atoms with Crippen molar-refractivity contribution in [2.45, 2.75) is 13.3 Å². The van der Waals surface area contributed by atoms with Crippen molar-refractivity contribution in [2.75, 3.05) is 0 Å². The number of carbonyl (C=O) groups is 1. The number of hydrogen-bond acceptors (Lipinski definition) is 3. The molecule has 0 bridgehead atoms. The van der Waals surface area contributed by atoms with Crippen molar-refractivity contribution in [1.82, 2.24) is 0 Å². The van der Waals surface area contributed by atoms with Crippen LogP contribution in [0.5, 0.6) is 0 Å². The summed E-state index contributed by atoms with van der Waals surface area (Å²) in [7, 11) is 0. The molecule has 0 amide bonds. The van der Waals surface area contributed by atoms with Gasteiger partial charge in [-0.25, -0.2) is 0 Å². The van der Waals surface area contributed by atoms with E-state index in [1.54, 1.807) is 6.92 Å². The number of carbonyl (C=O) groups excluding carboxylic acids is 1. The second-order valence-corrected chi connectivity index (χ2v) is 1.41. The molecule has 0 aromatic rings. The Morgan fingerprint density at radius 2 is 2.43 bits per heavy atom. The Balaban J connectivity index is 3.17. The first-order chi connectivity index (χ1) is 3.31. The molecule has 0 saturated carbocycles. The summed E-state index contributed by atoms with van der Waals surface area (Å²) >= 11 is -1.42. The Morgan fingerprint density at radius 1 is 1.86 bits per heavy atom. The predicted octanol–water partition coefficient (Wildman–Crippen LogP) is 0.283. The first kappa shape index (κ1) is 6.85. The van der Waals surface area contributed by atoms with Crippen LogP contribution in [0.1, 0.15) is 13.3 Å². The van der Waals surface area contributed by atoms with Gasteiger partial charge in [0.1, 0.15) is 0 Å². The van der Waals surface area contributed by atoms with Gasteiger partial charge in [0, 0.05) is 0 Å². The molecule has 0 heterocycles. The van der Waals surface area contributed by atoms with Crippen LogP contribution in [0.2, 0.25) is 0 Å². The Morgan fingerprint density at radius 3 is 2.57 bits per heavy atom. The van der Waals surface area contributed by atoms with Crippen molar-refractivity contribution in [2.24, 2.45) is 0 Å². The summed E-state index contributed by atoms with van der Waals surface area (Å²) < 4.78 is 13.6. The van der Waals surface area contributed by atoms with Gasteiger partial charge in [-0.1, -0.05) is 0 Å². The summed E-state index contributed by atoms with van der Waals surface area (Å²) in [4.78, 5) is 10.0. The fourth-order valence-electron chi connectivity index (χ4n) is 0.106. The van der Waals surface area contributed by atoms with Crippen LogP contribution in [0.4, 0.5) is 0 Å². The predicted molar refractivity (Wildman–Crippen MR) is 17.1 cm³/mol. The molecular weight excluding hydrogens is 135 g/mol. The van der Waals surface area contributed by atoms with Crippen LogP contribution in [0.25, 0.3) is 0 Å². The summed E-state index contributed by atoms with van der Waals surface area (Å²) in [5.41, 5.74) is 0. The molecule has 0 unspecified atom stereocenters. The molecule has 7 heavy (non-hydrogen) atoms. The monoisotopic (exact) mass is 140 g/mol. The molecule has 0 saturated heterocycles. The zero-order chi connectivity index (χ0) is 5.70. The molecule has 4 heteroatoms. The van der Waals surface area contributed by atoms with Crippen LogP contribution in [-0.4, -0.2) is 5.97 Å². The molecule has 0 N–H and O–H groups in total. The summed E-state index contributed by atoms with van der Waals surface area (Å²) in [5, 5.41) is 0. The van der Waals surface area contributed by atoms with Crippen molar-refractivity contribution < 1.29 is 28.7 Å². The van der Waals surface area contributed by atoms with Gasteiger partial charge in [0.05, 0.1) is 0 Å². The van der Waals surface area contributed by atoms with Gasteiger partial charge in [-0.15, -0.1) is 0 Å². The fraction of sp³-hybridized carbons (Fsp3) is 0.667. The second-order valence-electron chi connectivity index (χ2n) is 0.891. The standard InChI is InChI=1S/C3H6O2.O.V/c1-2-3(4)5;;/h2H2,1H3,(H,4,5);;/q;;+1/p-1. The topological polar surface area (TPSA) is 43.4 Å². The molecule has 0 aromatic carbocycles. The summed E-state index contributed by atoms with van der Waals surface area (Å²) in [6.45, 7) is 1.65. The fourth-order valence-corrected chi connectivity index (χ4v) is 0.438. The van der Waals surface area contributed by atoms with Crippen LogP contribution in [0.15, 0.2) is 0 Å². The van der Waals surface area contributed by atoms with E-state index in [2.05, 4.69) is 3.66 Å². The van der Waals surface area contributed by atoms with Gasteiger partial charge in [0.15, 0.2) is 0 Å². The Bertz CT molecular complexity index is 80.2. The molecule has 0 aromatic heterocycles. The quantitative estimate of drug-likeness (QED) is 0.553. The minimum atomic E-state index is -1.42. The Hall–Kier alpha value is -0.146. The SMILES string of the molecule is CCC(=O)[O][V]=[O]. The number of hydrogen-bond donors (Lipinski definition) is 0. The molecule has 0 aliphatic carbocycles. The van der Waals surface area contributed by atoms with E-state index in [0.29, 0.717) is 6.42 Å². The van der Waals surface area contributed by atoms with Gasteiger partial charge < -0.3 is 0 Å². The van der Waals surface area contributed by atoms with Crippen molar-refractivity contribution in [3.8, 4) is 0 Å². The van der Waals surface area contributed by atoms with Gasteiger partial charge in [0.25, 0.3) is 0 Å². The van der Waals surface area contributed by atoms with E-state index in [-0.39, 0.29) is 0 Å². The minimum absolute atomic E-state index is 0.303. The molecular formula is C3H5O3V. The summed E-state index contributed by atoms with van der Waals surface area (Å²) in [6, 6.07) is 0. The van der Waals surface area contributed by atoms with Gasteiger partial charge in [-0.3, -0.25) is 0 Å². The van der Waals surface area contributed by atoms with E-state index >= 15 is 0 Å². The van der Waals surface area contributed by atoms with Crippen molar-refractivity contribution in [3.63, 3.8) is 0 Å². The first-order valence-electron chi connectivity index (χ1n) is 1.83. The summed E-state index contributed by atoms with van der Waals surface area (Å²) in [6.07, 6.45) is 0.303. The molecule has 0 aliphatic heterocycles. The number of rotatable bonds is 2. The average molecular weight is 140 g/mol. The third kappa shape index (κ3) is 3.69. The molecule has 0 fully saturated rings. The van der Waals surface area contributed by atoms with Gasteiger partial charge in [0.2, 0.25) is 0 Å². The van der Waals surface area contributed by atoms with E-state index in [9.17, 15) is 8.47 Å². The zero-order valence-electron chi connectivity index (χ0n) is 3.88. The first-order valence-corrected chi connectivity index (χ1v) is 2.97. The molecule has 0 aliphatic rings. The second kappa shape index (κ2) is 4.03. The zero-order valence-corrected chi connectivity index (χ0v) is 5.28. The van der Waals surface area contributed by atoms with Crippen LogP contribution >= 0.6 is 0 Å². The van der Waals surface area contributed by atoms with Gasteiger partial charge >= 0.3 is 48.0 Å². The summed E-state index contributed by atoms with van der Waals surface area (Å²) in [5.74, 6) is -0.394. The van der Waals surface area contributed by atoms with Crippen LogP contribution in [0, 0.1) is 0 Å². The van der Waals surface area contributed by atoms with Gasteiger partial charge in [-0.2, -0.15) is 0 Å². The van der Waals surface area contributed by atoms with Crippen LogP contribution < -0.4 is 0 Å². The molecule has 3 nitrogen and oxygen atoms in total. The van der Waals surface area contributed by atoms with Crippen LogP contribution in [0.3, 0.4) is 0 Å². The van der Waals surface area contributed by atoms with Crippen molar-refractivity contribution >= 4 is 5.97 Å². The molecule has 40 valence electrons. The maximum absolute atomic E-state index is 10.0. The van der Waals surface area contributed by atoms with Crippen LogP contribution in [-0.2, 0) is 28.7 Å². The molecule has 0 atom stereocenters. The molecule has 0 spiro atoms. The maximum atomic E-state index is 10.0. The third-order valence-electron chi connectivity index (χ3n) is 0.428. The van der Waals surface area contributed by atoms with Gasteiger partial charge in [-0.05, 0) is 0 Å². The Labute approximate surface area is 48.7 Å². The molecule has 0 radical (unpaired) electrons. The van der Waals surface area contributed by atoms with E-state index in [1.165, 1.54) is 0 Å². The van der Waals surface area contributed by atoms with E-state index in [0.717, 1.165) is 0 Å². The average Bonchev–Trinajstić information content (AvgIpc) is 1.68. The normalized spacial score (nSPS) is 7.57. The van der Waals surface area contributed by atoms with E-state index in [4.69, 9.17) is 0 Å². The van der Waals surface area contributed by atoms with E-state index in [1.807, 2.05) is 0 Å². The molecule has 0 rings (SSSR count). The van der Waals surface area contributed by atoms with Crippen molar-refractivity contribution in [1.29, 1.82) is 0 Å². The van der Waals surface area contributed by atoms with Crippen molar-refractivity contribution in [3.05, 3.63) is 0 Å².